The highest BCUT2D eigenvalue weighted by Crippen LogP contribution is 2.06. The number of carbonyl (C=O) groups is 1. The third kappa shape index (κ3) is 2.46. The first kappa shape index (κ1) is 9.48. The van der Waals surface area contributed by atoms with E-state index in [1.807, 2.05) is 0 Å². The number of amides is 1. The summed E-state index contributed by atoms with van der Waals surface area (Å²) in [5.74, 6) is -0.230. The molecular formula is C8H17N3O. The standard InChI is InChI=1S/C8H17N3O/c1-7-5-10(2)3-4-11(7)6-8(9)12/h7H,3-6H2,1-2H3,(H2,9,12). The minimum absolute atomic E-state index is 0.230. The highest BCUT2D eigenvalue weighted by atomic mass is 16.1. The normalized spacial score (nSPS) is 27.3. The predicted octanol–water partition coefficient (Wildman–Crippen LogP) is -0.892. The minimum atomic E-state index is -0.230. The summed E-state index contributed by atoms with van der Waals surface area (Å²) >= 11 is 0. The van der Waals surface area contributed by atoms with Crippen molar-refractivity contribution in [3.8, 4) is 0 Å². The van der Waals surface area contributed by atoms with Crippen molar-refractivity contribution in [2.24, 2.45) is 5.73 Å². The molecule has 1 saturated heterocycles. The molecule has 1 fully saturated rings. The molecule has 1 unspecified atom stereocenters. The van der Waals surface area contributed by atoms with Crippen LogP contribution in [0.1, 0.15) is 6.92 Å². The van der Waals surface area contributed by atoms with E-state index in [1.54, 1.807) is 0 Å². The summed E-state index contributed by atoms with van der Waals surface area (Å²) in [6, 6.07) is 0.441. The fourth-order valence-electron chi connectivity index (χ4n) is 1.61. The lowest BCUT2D eigenvalue weighted by Gasteiger charge is -2.37. The second-order valence-electron chi connectivity index (χ2n) is 3.55. The number of likely N-dealkylation sites (N-methyl/N-ethyl adjacent to an activating group) is 1. The van der Waals surface area contributed by atoms with Crippen molar-refractivity contribution >= 4 is 5.91 Å². The van der Waals surface area contributed by atoms with Crippen molar-refractivity contribution in [3.05, 3.63) is 0 Å². The Kier molecular flexibility index (Phi) is 3.05. The van der Waals surface area contributed by atoms with Gasteiger partial charge in [-0.1, -0.05) is 0 Å². The molecule has 0 aliphatic carbocycles. The molecule has 1 atom stereocenters. The molecule has 12 heavy (non-hydrogen) atoms. The number of rotatable bonds is 2. The molecule has 0 aromatic heterocycles. The maximum atomic E-state index is 10.7. The molecule has 4 heteroatoms. The van der Waals surface area contributed by atoms with Gasteiger partial charge in [-0.25, -0.2) is 0 Å². The molecular weight excluding hydrogens is 154 g/mol. The molecule has 1 amide bonds. The summed E-state index contributed by atoms with van der Waals surface area (Å²) in [7, 11) is 2.10. The summed E-state index contributed by atoms with van der Waals surface area (Å²) < 4.78 is 0. The van der Waals surface area contributed by atoms with Crippen LogP contribution >= 0.6 is 0 Å². The van der Waals surface area contributed by atoms with Gasteiger partial charge >= 0.3 is 0 Å². The highest BCUT2D eigenvalue weighted by molar-refractivity contribution is 5.75. The molecule has 0 aromatic rings. The highest BCUT2D eigenvalue weighted by Gasteiger charge is 2.21. The molecule has 0 saturated carbocycles. The van der Waals surface area contributed by atoms with Crippen LogP contribution in [0.2, 0.25) is 0 Å². The van der Waals surface area contributed by atoms with Crippen molar-refractivity contribution in [1.29, 1.82) is 0 Å². The van der Waals surface area contributed by atoms with Crippen LogP contribution in [0.3, 0.4) is 0 Å². The summed E-state index contributed by atoms with van der Waals surface area (Å²) in [6.07, 6.45) is 0. The summed E-state index contributed by atoms with van der Waals surface area (Å²) in [6.45, 7) is 5.51. The van der Waals surface area contributed by atoms with Crippen LogP contribution in [-0.2, 0) is 4.79 Å². The van der Waals surface area contributed by atoms with Gasteiger partial charge in [0.15, 0.2) is 0 Å². The van der Waals surface area contributed by atoms with E-state index < -0.39 is 0 Å². The maximum absolute atomic E-state index is 10.7. The van der Waals surface area contributed by atoms with E-state index >= 15 is 0 Å². The number of piperazine rings is 1. The zero-order valence-electron chi connectivity index (χ0n) is 7.79. The lowest BCUT2D eigenvalue weighted by atomic mass is 10.2. The molecule has 1 aliphatic heterocycles. The van der Waals surface area contributed by atoms with E-state index in [0.29, 0.717) is 12.6 Å². The van der Waals surface area contributed by atoms with Gasteiger partial charge in [0, 0.05) is 25.7 Å². The van der Waals surface area contributed by atoms with Crippen molar-refractivity contribution in [3.63, 3.8) is 0 Å². The third-order valence-electron chi connectivity index (χ3n) is 2.33. The number of hydrogen-bond donors (Lipinski definition) is 1. The largest absolute Gasteiger partial charge is 0.369 e. The monoisotopic (exact) mass is 171 g/mol. The topological polar surface area (TPSA) is 49.6 Å². The second kappa shape index (κ2) is 3.87. The van der Waals surface area contributed by atoms with Gasteiger partial charge in [0.2, 0.25) is 5.91 Å². The first-order chi connectivity index (χ1) is 5.59. The van der Waals surface area contributed by atoms with Gasteiger partial charge in [-0.2, -0.15) is 0 Å². The van der Waals surface area contributed by atoms with Crippen LogP contribution in [0.4, 0.5) is 0 Å². The number of nitrogens with two attached hydrogens (primary N) is 1. The van der Waals surface area contributed by atoms with Crippen LogP contribution in [0, 0.1) is 0 Å². The Bertz CT molecular complexity index is 172. The van der Waals surface area contributed by atoms with E-state index in [4.69, 9.17) is 5.73 Å². The molecule has 2 N–H and O–H groups in total. The number of primary amides is 1. The average molecular weight is 171 g/mol. The summed E-state index contributed by atoms with van der Waals surface area (Å²) in [5, 5.41) is 0. The van der Waals surface area contributed by atoms with Crippen LogP contribution in [0.15, 0.2) is 0 Å². The van der Waals surface area contributed by atoms with Gasteiger partial charge in [0.1, 0.15) is 0 Å². The molecule has 0 bridgehead atoms. The third-order valence-corrected chi connectivity index (χ3v) is 2.33. The molecule has 1 aliphatic rings. The molecule has 1 rings (SSSR count). The van der Waals surface area contributed by atoms with Crippen LogP contribution in [0.5, 0.6) is 0 Å². The number of nitrogens with zero attached hydrogens (tertiary/aromatic N) is 2. The Labute approximate surface area is 73.3 Å². The average Bonchev–Trinajstić information content (AvgIpc) is 1.94. The summed E-state index contributed by atoms with van der Waals surface area (Å²) in [5.41, 5.74) is 5.13. The van der Waals surface area contributed by atoms with Crippen molar-refractivity contribution in [2.45, 2.75) is 13.0 Å². The Morgan fingerprint density at radius 3 is 2.75 bits per heavy atom. The van der Waals surface area contributed by atoms with E-state index in [-0.39, 0.29) is 5.91 Å². The first-order valence-electron chi connectivity index (χ1n) is 4.30. The smallest absolute Gasteiger partial charge is 0.231 e. The number of carbonyl (C=O) groups excluding carboxylic acids is 1. The van der Waals surface area contributed by atoms with Crippen molar-refractivity contribution < 1.29 is 4.79 Å². The summed E-state index contributed by atoms with van der Waals surface area (Å²) in [4.78, 5) is 15.1. The van der Waals surface area contributed by atoms with Gasteiger partial charge < -0.3 is 10.6 Å². The first-order valence-corrected chi connectivity index (χ1v) is 4.30. The van der Waals surface area contributed by atoms with Crippen molar-refractivity contribution in [1.82, 2.24) is 9.80 Å². The van der Waals surface area contributed by atoms with E-state index in [2.05, 4.69) is 23.8 Å². The Morgan fingerprint density at radius 2 is 2.25 bits per heavy atom. The van der Waals surface area contributed by atoms with Gasteiger partial charge in [-0.15, -0.1) is 0 Å². The van der Waals surface area contributed by atoms with Gasteiger partial charge in [-0.3, -0.25) is 9.69 Å². The zero-order valence-corrected chi connectivity index (χ0v) is 7.79. The van der Waals surface area contributed by atoms with Gasteiger partial charge in [0.05, 0.1) is 6.54 Å². The van der Waals surface area contributed by atoms with Crippen LogP contribution in [-0.4, -0.2) is 55.0 Å². The van der Waals surface area contributed by atoms with Crippen LogP contribution < -0.4 is 5.73 Å². The fourth-order valence-corrected chi connectivity index (χ4v) is 1.61. The van der Waals surface area contributed by atoms with Gasteiger partial charge in [-0.05, 0) is 14.0 Å². The molecule has 4 nitrogen and oxygen atoms in total. The van der Waals surface area contributed by atoms with E-state index in [0.717, 1.165) is 19.6 Å². The molecule has 0 aromatic carbocycles. The zero-order chi connectivity index (χ0) is 9.14. The Morgan fingerprint density at radius 1 is 1.58 bits per heavy atom. The Hall–Kier alpha value is -0.610. The SMILES string of the molecule is CC1CN(C)CCN1CC(N)=O. The lowest BCUT2D eigenvalue weighted by Crippen LogP contribution is -2.52. The van der Waals surface area contributed by atoms with E-state index in [1.165, 1.54) is 0 Å². The molecule has 0 spiro atoms. The predicted molar refractivity (Wildman–Crippen MR) is 47.7 cm³/mol. The number of hydrogen-bond acceptors (Lipinski definition) is 3. The second-order valence-corrected chi connectivity index (χ2v) is 3.55. The van der Waals surface area contributed by atoms with Crippen molar-refractivity contribution in [2.75, 3.05) is 33.2 Å². The molecule has 1 heterocycles. The van der Waals surface area contributed by atoms with E-state index in [9.17, 15) is 4.79 Å². The fraction of sp³-hybridized carbons (Fsp3) is 0.875. The molecule has 70 valence electrons. The van der Waals surface area contributed by atoms with Gasteiger partial charge in [0.25, 0.3) is 0 Å². The minimum Gasteiger partial charge on any atom is -0.369 e. The Balaban J connectivity index is 2.39. The lowest BCUT2D eigenvalue weighted by molar-refractivity contribution is -0.120. The molecule has 0 radical (unpaired) electrons. The quantitative estimate of drug-likeness (QED) is 0.586. The van der Waals surface area contributed by atoms with Crippen LogP contribution in [0.25, 0.3) is 0 Å². The maximum Gasteiger partial charge on any atom is 0.231 e.